The van der Waals surface area contributed by atoms with Gasteiger partial charge in [0.15, 0.2) is 0 Å². The van der Waals surface area contributed by atoms with Crippen LogP contribution in [0.3, 0.4) is 0 Å². The maximum Gasteiger partial charge on any atom is 0.223 e. The molecule has 96 valence electrons. The van der Waals surface area contributed by atoms with E-state index in [1.165, 1.54) is 0 Å². The Morgan fingerprint density at radius 1 is 1.39 bits per heavy atom. The molecule has 0 saturated carbocycles. The molecule has 7 nitrogen and oxygen atoms in total. The number of anilines is 3. The van der Waals surface area contributed by atoms with Crippen molar-refractivity contribution in [3.8, 4) is 0 Å². The van der Waals surface area contributed by atoms with Crippen molar-refractivity contribution >= 4 is 28.9 Å². The largest absolute Gasteiger partial charge is 0.368 e. The minimum Gasteiger partial charge on any atom is -0.368 e. The summed E-state index contributed by atoms with van der Waals surface area (Å²) in [5.74, 6) is 6.68. The van der Waals surface area contributed by atoms with Crippen LogP contribution in [0.25, 0.3) is 0 Å². The van der Waals surface area contributed by atoms with Gasteiger partial charge in [0.1, 0.15) is 11.6 Å². The fourth-order valence-corrected chi connectivity index (χ4v) is 2.13. The van der Waals surface area contributed by atoms with Gasteiger partial charge in [0.25, 0.3) is 0 Å². The average Bonchev–Trinajstić information content (AvgIpc) is 2.73. The van der Waals surface area contributed by atoms with Gasteiger partial charge < -0.3 is 16.1 Å². The lowest BCUT2D eigenvalue weighted by molar-refractivity contribution is 0.867. The molecular weight excluding hydrogens is 250 g/mol. The number of aryl methyl sites for hydroxylation is 1. The molecule has 2 rings (SSSR count). The van der Waals surface area contributed by atoms with Gasteiger partial charge in [-0.05, 0) is 6.92 Å². The molecule has 0 amide bonds. The maximum atomic E-state index is 5.61. The van der Waals surface area contributed by atoms with Gasteiger partial charge in [-0.2, -0.15) is 9.97 Å². The summed E-state index contributed by atoms with van der Waals surface area (Å²) in [6.07, 6.45) is 0. The van der Waals surface area contributed by atoms with Crippen molar-refractivity contribution in [3.05, 3.63) is 22.1 Å². The summed E-state index contributed by atoms with van der Waals surface area (Å²) >= 11 is 1.62. The molecule has 0 bridgehead atoms. The highest BCUT2D eigenvalue weighted by Crippen LogP contribution is 2.18. The summed E-state index contributed by atoms with van der Waals surface area (Å²) < 4.78 is 0. The van der Waals surface area contributed by atoms with E-state index < -0.39 is 0 Å². The van der Waals surface area contributed by atoms with Crippen LogP contribution in [0.5, 0.6) is 0 Å². The summed E-state index contributed by atoms with van der Waals surface area (Å²) in [4.78, 5) is 14.4. The van der Waals surface area contributed by atoms with Crippen molar-refractivity contribution in [2.45, 2.75) is 13.5 Å². The zero-order chi connectivity index (χ0) is 13.1. The average molecular weight is 265 g/mol. The second kappa shape index (κ2) is 5.15. The molecule has 2 aromatic rings. The lowest BCUT2D eigenvalue weighted by atomic mass is 10.4. The predicted octanol–water partition coefficient (Wildman–Crippen LogP) is 0.746. The Bertz CT molecular complexity index is 539. The van der Waals surface area contributed by atoms with E-state index >= 15 is 0 Å². The van der Waals surface area contributed by atoms with Crippen molar-refractivity contribution in [1.82, 2.24) is 15.0 Å². The summed E-state index contributed by atoms with van der Waals surface area (Å²) in [6, 6.07) is 1.73. The Morgan fingerprint density at radius 2 is 2.17 bits per heavy atom. The molecule has 5 N–H and O–H groups in total. The molecule has 0 spiro atoms. The smallest absolute Gasteiger partial charge is 0.223 e. The number of hydrogen-bond acceptors (Lipinski definition) is 8. The molecule has 0 fully saturated rings. The lowest BCUT2D eigenvalue weighted by Crippen LogP contribution is -2.20. The van der Waals surface area contributed by atoms with Crippen LogP contribution in [0.2, 0.25) is 0 Å². The van der Waals surface area contributed by atoms with Gasteiger partial charge in [-0.1, -0.05) is 0 Å². The van der Waals surface area contributed by atoms with Crippen LogP contribution in [0.15, 0.2) is 11.4 Å². The van der Waals surface area contributed by atoms with Gasteiger partial charge in [-0.3, -0.25) is 0 Å². The normalized spacial score (nSPS) is 10.4. The van der Waals surface area contributed by atoms with Crippen LogP contribution in [-0.2, 0) is 6.54 Å². The lowest BCUT2D eigenvalue weighted by Gasteiger charge is -2.17. The van der Waals surface area contributed by atoms with E-state index in [0.717, 1.165) is 10.7 Å². The monoisotopic (exact) mass is 265 g/mol. The third-order valence-electron chi connectivity index (χ3n) is 2.33. The Hall–Kier alpha value is -1.93. The Balaban J connectivity index is 2.17. The quantitative estimate of drug-likeness (QED) is 0.553. The highest BCUT2D eigenvalue weighted by molar-refractivity contribution is 7.09. The zero-order valence-electron chi connectivity index (χ0n) is 10.2. The third kappa shape index (κ3) is 2.84. The molecule has 0 aliphatic rings. The first-order chi connectivity index (χ1) is 8.58. The van der Waals surface area contributed by atoms with E-state index in [1.54, 1.807) is 17.4 Å². The number of aromatic nitrogens is 3. The van der Waals surface area contributed by atoms with Crippen molar-refractivity contribution in [3.63, 3.8) is 0 Å². The van der Waals surface area contributed by atoms with Crippen LogP contribution >= 0.6 is 11.3 Å². The van der Waals surface area contributed by atoms with E-state index in [2.05, 4.69) is 20.4 Å². The Morgan fingerprint density at radius 3 is 2.78 bits per heavy atom. The van der Waals surface area contributed by atoms with Gasteiger partial charge in [0.2, 0.25) is 5.95 Å². The van der Waals surface area contributed by atoms with Gasteiger partial charge in [-0.15, -0.1) is 11.3 Å². The van der Waals surface area contributed by atoms with Crippen molar-refractivity contribution in [2.75, 3.05) is 23.1 Å². The van der Waals surface area contributed by atoms with Gasteiger partial charge in [0.05, 0.1) is 17.2 Å². The predicted molar refractivity (Wildman–Crippen MR) is 73.2 cm³/mol. The molecule has 0 aliphatic carbocycles. The highest BCUT2D eigenvalue weighted by Gasteiger charge is 2.08. The van der Waals surface area contributed by atoms with Crippen LogP contribution in [0.4, 0.5) is 17.6 Å². The standard InChI is InChI=1S/C10H15N7S/c1-6-13-7(5-18-6)4-17(2)9-3-8(16-12)14-10(11)15-9/h3,5H,4,12H2,1-2H3,(H3,11,14,15,16). The topological polar surface area (TPSA) is 106 Å². The third-order valence-corrected chi connectivity index (χ3v) is 3.16. The van der Waals surface area contributed by atoms with E-state index in [9.17, 15) is 0 Å². The van der Waals surface area contributed by atoms with Crippen molar-refractivity contribution in [1.29, 1.82) is 0 Å². The Kier molecular flexibility index (Phi) is 3.58. The second-order valence-electron chi connectivity index (χ2n) is 3.83. The number of nitrogens with two attached hydrogens (primary N) is 2. The highest BCUT2D eigenvalue weighted by atomic mass is 32.1. The van der Waals surface area contributed by atoms with Gasteiger partial charge >= 0.3 is 0 Å². The van der Waals surface area contributed by atoms with Crippen LogP contribution in [0.1, 0.15) is 10.7 Å². The summed E-state index contributed by atoms with van der Waals surface area (Å²) in [6.45, 7) is 2.64. The summed E-state index contributed by atoms with van der Waals surface area (Å²) in [7, 11) is 1.91. The Labute approximate surface area is 109 Å². The first-order valence-corrected chi connectivity index (χ1v) is 6.20. The molecule has 0 saturated heterocycles. The van der Waals surface area contributed by atoms with E-state index in [0.29, 0.717) is 18.2 Å². The molecule has 0 aliphatic heterocycles. The van der Waals surface area contributed by atoms with Gasteiger partial charge in [0, 0.05) is 18.5 Å². The van der Waals surface area contributed by atoms with Gasteiger partial charge in [-0.25, -0.2) is 10.8 Å². The summed E-state index contributed by atoms with van der Waals surface area (Å²) in [5.41, 5.74) is 9.07. The van der Waals surface area contributed by atoms with Crippen LogP contribution in [-0.4, -0.2) is 22.0 Å². The van der Waals surface area contributed by atoms with Crippen molar-refractivity contribution in [2.24, 2.45) is 5.84 Å². The van der Waals surface area contributed by atoms with E-state index in [-0.39, 0.29) is 5.95 Å². The van der Waals surface area contributed by atoms with Crippen LogP contribution < -0.4 is 21.9 Å². The van der Waals surface area contributed by atoms with E-state index in [4.69, 9.17) is 11.6 Å². The maximum absolute atomic E-state index is 5.61. The minimum absolute atomic E-state index is 0.182. The summed E-state index contributed by atoms with van der Waals surface area (Å²) in [5, 5.41) is 3.07. The molecule has 2 aromatic heterocycles. The fraction of sp³-hybridized carbons (Fsp3) is 0.300. The number of nitrogens with one attached hydrogen (secondary N) is 1. The number of hydrogen-bond donors (Lipinski definition) is 3. The minimum atomic E-state index is 0.182. The molecule has 0 unspecified atom stereocenters. The fourth-order valence-electron chi connectivity index (χ4n) is 1.53. The number of rotatable bonds is 4. The first kappa shape index (κ1) is 12.5. The second-order valence-corrected chi connectivity index (χ2v) is 4.89. The van der Waals surface area contributed by atoms with Crippen LogP contribution in [0, 0.1) is 6.92 Å². The molecule has 0 radical (unpaired) electrons. The number of nitrogen functional groups attached to an aromatic ring is 2. The molecule has 0 aromatic carbocycles. The number of nitrogens with zero attached hydrogens (tertiary/aromatic N) is 4. The molecule has 2 heterocycles. The van der Waals surface area contributed by atoms with E-state index in [1.807, 2.05) is 24.3 Å². The molecule has 0 atom stereocenters. The number of hydrazine groups is 1. The SMILES string of the molecule is Cc1nc(CN(C)c2cc(NN)nc(N)n2)cs1. The van der Waals surface area contributed by atoms with Crippen molar-refractivity contribution < 1.29 is 0 Å². The first-order valence-electron chi connectivity index (χ1n) is 5.32. The zero-order valence-corrected chi connectivity index (χ0v) is 11.0. The molecular formula is C10H15N7S. The number of thiazole rings is 1. The molecule has 18 heavy (non-hydrogen) atoms. The molecule has 8 heteroatoms.